The molecule has 0 aliphatic heterocycles. The molecule has 1 N–H and O–H groups in total. The molecule has 5 nitrogen and oxygen atoms in total. The van der Waals surface area contributed by atoms with Crippen LogP contribution in [-0.2, 0) is 4.79 Å². The molecule has 102 valence electrons. The van der Waals surface area contributed by atoms with E-state index in [0.717, 1.165) is 16.5 Å². The first kappa shape index (κ1) is 13.8. The van der Waals surface area contributed by atoms with Gasteiger partial charge in [0.15, 0.2) is 11.7 Å². The molecule has 1 amide bonds. The summed E-state index contributed by atoms with van der Waals surface area (Å²) in [5.74, 6) is -2.62. The maximum Gasteiger partial charge on any atom is 0.245 e. The van der Waals surface area contributed by atoms with Crippen LogP contribution >= 0.6 is 0 Å². The van der Waals surface area contributed by atoms with Crippen molar-refractivity contribution in [1.29, 1.82) is 5.26 Å². The van der Waals surface area contributed by atoms with Gasteiger partial charge < -0.3 is 9.73 Å². The van der Waals surface area contributed by atoms with Crippen molar-refractivity contribution in [3.63, 3.8) is 0 Å². The van der Waals surface area contributed by atoms with Crippen molar-refractivity contribution < 1.29 is 14.0 Å². The number of nitrogens with zero attached hydrogens (tertiary/aromatic N) is 1. The Morgan fingerprint density at radius 3 is 2.50 bits per heavy atom. The standard InChI is InChI=1S/C15H14N2O3/c1-8-4-10-6-13(20-12(10)5-9(8)2)14(18)11(7-16)15(19)17-3/h4-6,11H,1-3H3,(H,17,19). The van der Waals surface area contributed by atoms with Crippen LogP contribution in [0.4, 0.5) is 0 Å². The van der Waals surface area contributed by atoms with Gasteiger partial charge >= 0.3 is 0 Å². The number of furan rings is 1. The molecule has 0 aliphatic rings. The monoisotopic (exact) mass is 270 g/mol. The molecule has 1 unspecified atom stereocenters. The van der Waals surface area contributed by atoms with Gasteiger partial charge in [0.2, 0.25) is 11.7 Å². The summed E-state index contributed by atoms with van der Waals surface area (Å²) in [7, 11) is 1.38. The number of rotatable bonds is 3. The van der Waals surface area contributed by atoms with Crippen LogP contribution in [0.2, 0.25) is 0 Å². The second-order valence-corrected chi connectivity index (χ2v) is 4.63. The molecule has 0 aliphatic carbocycles. The largest absolute Gasteiger partial charge is 0.453 e. The second kappa shape index (κ2) is 5.17. The third-order valence-corrected chi connectivity index (χ3v) is 3.28. The van der Waals surface area contributed by atoms with Gasteiger partial charge in [0.1, 0.15) is 5.58 Å². The molecule has 0 fully saturated rings. The number of nitriles is 1. The van der Waals surface area contributed by atoms with Crippen LogP contribution in [0.1, 0.15) is 21.7 Å². The molecular formula is C15H14N2O3. The van der Waals surface area contributed by atoms with E-state index < -0.39 is 17.6 Å². The van der Waals surface area contributed by atoms with Crippen LogP contribution in [0, 0.1) is 31.1 Å². The zero-order chi connectivity index (χ0) is 14.9. The predicted octanol–water partition coefficient (Wildman–Crippen LogP) is 2.12. The van der Waals surface area contributed by atoms with Crippen molar-refractivity contribution in [2.24, 2.45) is 5.92 Å². The number of nitrogens with one attached hydrogen (secondary N) is 1. The van der Waals surface area contributed by atoms with Crippen molar-refractivity contribution in [1.82, 2.24) is 5.32 Å². The summed E-state index contributed by atoms with van der Waals surface area (Å²) in [4.78, 5) is 23.6. The third kappa shape index (κ3) is 2.28. The van der Waals surface area contributed by atoms with Crippen molar-refractivity contribution in [2.45, 2.75) is 13.8 Å². The topological polar surface area (TPSA) is 83.1 Å². The lowest BCUT2D eigenvalue weighted by Crippen LogP contribution is -2.31. The Morgan fingerprint density at radius 2 is 1.90 bits per heavy atom. The minimum atomic E-state index is -1.39. The van der Waals surface area contributed by atoms with Gasteiger partial charge in [-0.15, -0.1) is 0 Å². The maximum absolute atomic E-state index is 12.1. The van der Waals surface area contributed by atoms with Crippen LogP contribution in [0.3, 0.4) is 0 Å². The number of fused-ring (bicyclic) bond motifs is 1. The molecule has 1 atom stereocenters. The molecule has 0 bridgehead atoms. The molecule has 1 heterocycles. The molecule has 20 heavy (non-hydrogen) atoms. The Bertz CT molecular complexity index is 698. The molecule has 5 heteroatoms. The van der Waals surface area contributed by atoms with E-state index in [-0.39, 0.29) is 5.76 Å². The van der Waals surface area contributed by atoms with Crippen LogP contribution in [0.25, 0.3) is 11.0 Å². The van der Waals surface area contributed by atoms with Crippen LogP contribution in [-0.4, -0.2) is 18.7 Å². The van der Waals surface area contributed by atoms with E-state index in [4.69, 9.17) is 9.68 Å². The van der Waals surface area contributed by atoms with Gasteiger partial charge in [-0.2, -0.15) is 5.26 Å². The quantitative estimate of drug-likeness (QED) is 0.684. The minimum absolute atomic E-state index is 0.0279. The summed E-state index contributed by atoms with van der Waals surface area (Å²) in [6.45, 7) is 3.91. The summed E-state index contributed by atoms with van der Waals surface area (Å²) in [6, 6.07) is 7.01. The molecular weight excluding hydrogens is 256 g/mol. The Morgan fingerprint density at radius 1 is 1.25 bits per heavy atom. The molecule has 0 spiro atoms. The summed E-state index contributed by atoms with van der Waals surface area (Å²) in [5.41, 5.74) is 2.71. The highest BCUT2D eigenvalue weighted by Gasteiger charge is 2.29. The molecule has 1 aromatic carbocycles. The van der Waals surface area contributed by atoms with E-state index in [0.29, 0.717) is 5.58 Å². The number of aryl methyl sites for hydroxylation is 2. The Balaban J connectivity index is 2.45. The number of amides is 1. The molecule has 0 radical (unpaired) electrons. The van der Waals surface area contributed by atoms with Crippen LogP contribution in [0.15, 0.2) is 22.6 Å². The van der Waals surface area contributed by atoms with E-state index in [1.165, 1.54) is 7.05 Å². The van der Waals surface area contributed by atoms with Crippen molar-refractivity contribution in [2.75, 3.05) is 7.05 Å². The SMILES string of the molecule is CNC(=O)C(C#N)C(=O)c1cc2cc(C)c(C)cc2o1. The Hall–Kier alpha value is -2.61. The fourth-order valence-corrected chi connectivity index (χ4v) is 1.95. The normalized spacial score (nSPS) is 11.9. The van der Waals surface area contributed by atoms with Crippen molar-refractivity contribution >= 4 is 22.7 Å². The van der Waals surface area contributed by atoms with Gasteiger partial charge in [0, 0.05) is 12.4 Å². The van der Waals surface area contributed by atoms with E-state index >= 15 is 0 Å². The lowest BCUT2D eigenvalue weighted by atomic mass is 10.0. The molecule has 2 aromatic rings. The highest BCUT2D eigenvalue weighted by Crippen LogP contribution is 2.24. The fraction of sp³-hybridized carbons (Fsp3) is 0.267. The van der Waals surface area contributed by atoms with Crippen LogP contribution in [0.5, 0.6) is 0 Å². The summed E-state index contributed by atoms with van der Waals surface area (Å²) >= 11 is 0. The summed E-state index contributed by atoms with van der Waals surface area (Å²) in [5, 5.41) is 12.0. The van der Waals surface area contributed by atoms with Gasteiger partial charge in [0.25, 0.3) is 0 Å². The highest BCUT2D eigenvalue weighted by atomic mass is 16.3. The zero-order valence-electron chi connectivity index (χ0n) is 11.5. The number of ketones is 1. The Kier molecular flexibility index (Phi) is 3.57. The third-order valence-electron chi connectivity index (χ3n) is 3.28. The number of Topliss-reactive ketones (excluding diaryl/α,β-unsaturated/α-hetero) is 1. The summed E-state index contributed by atoms with van der Waals surface area (Å²) in [6.07, 6.45) is 0. The summed E-state index contributed by atoms with van der Waals surface area (Å²) < 4.78 is 5.46. The number of benzene rings is 1. The fourth-order valence-electron chi connectivity index (χ4n) is 1.95. The van der Waals surface area contributed by atoms with Gasteiger partial charge in [-0.25, -0.2) is 0 Å². The lowest BCUT2D eigenvalue weighted by Gasteiger charge is -2.03. The van der Waals surface area contributed by atoms with Crippen molar-refractivity contribution in [3.8, 4) is 6.07 Å². The molecule has 1 aromatic heterocycles. The van der Waals surface area contributed by atoms with Gasteiger partial charge in [-0.1, -0.05) is 0 Å². The predicted molar refractivity (Wildman–Crippen MR) is 73.2 cm³/mol. The van der Waals surface area contributed by atoms with Gasteiger partial charge in [0.05, 0.1) is 6.07 Å². The smallest absolute Gasteiger partial charge is 0.245 e. The van der Waals surface area contributed by atoms with Crippen LogP contribution < -0.4 is 5.32 Å². The molecule has 0 saturated carbocycles. The highest BCUT2D eigenvalue weighted by molar-refractivity contribution is 6.12. The number of hydrogen-bond donors (Lipinski definition) is 1. The number of carbonyl (C=O) groups excluding carboxylic acids is 2. The van der Waals surface area contributed by atoms with E-state index in [1.807, 2.05) is 26.0 Å². The Labute approximate surface area is 116 Å². The van der Waals surface area contributed by atoms with E-state index in [9.17, 15) is 9.59 Å². The molecule has 2 rings (SSSR count). The average Bonchev–Trinajstić information content (AvgIpc) is 2.82. The first-order valence-corrected chi connectivity index (χ1v) is 6.14. The minimum Gasteiger partial charge on any atom is -0.453 e. The second-order valence-electron chi connectivity index (χ2n) is 4.63. The van der Waals surface area contributed by atoms with E-state index in [2.05, 4.69) is 5.32 Å². The van der Waals surface area contributed by atoms with Gasteiger partial charge in [-0.3, -0.25) is 9.59 Å². The number of hydrogen-bond acceptors (Lipinski definition) is 4. The first-order valence-electron chi connectivity index (χ1n) is 6.14. The first-order chi connectivity index (χ1) is 9.47. The van der Waals surface area contributed by atoms with Gasteiger partial charge in [-0.05, 0) is 43.2 Å². The van der Waals surface area contributed by atoms with Crippen molar-refractivity contribution in [3.05, 3.63) is 35.1 Å². The lowest BCUT2D eigenvalue weighted by molar-refractivity contribution is -0.121. The zero-order valence-corrected chi connectivity index (χ0v) is 11.5. The van der Waals surface area contributed by atoms with E-state index in [1.54, 1.807) is 12.1 Å². The maximum atomic E-state index is 12.1. The molecule has 0 saturated heterocycles. The average molecular weight is 270 g/mol. The number of carbonyl (C=O) groups is 2.